The normalized spacial score (nSPS) is 15.7. The van der Waals surface area contributed by atoms with Gasteiger partial charge in [-0.15, -0.1) is 0 Å². The van der Waals surface area contributed by atoms with Crippen LogP contribution < -0.4 is 4.90 Å². The monoisotopic (exact) mass is 386 g/mol. The van der Waals surface area contributed by atoms with Gasteiger partial charge in [0.2, 0.25) is 6.54 Å². The number of fused-ring (bicyclic) bond motifs is 1. The van der Waals surface area contributed by atoms with E-state index in [9.17, 15) is 14.9 Å². The number of halogens is 1. The summed E-state index contributed by atoms with van der Waals surface area (Å²) in [6.07, 6.45) is 1.69. The van der Waals surface area contributed by atoms with Gasteiger partial charge in [-0.3, -0.25) is 15.0 Å². The fraction of sp³-hybridized carbons (Fsp3) is 0.250. The van der Waals surface area contributed by atoms with E-state index in [1.165, 1.54) is 4.90 Å². The van der Waals surface area contributed by atoms with Crippen molar-refractivity contribution in [3.63, 3.8) is 0 Å². The van der Waals surface area contributed by atoms with Gasteiger partial charge in [-0.1, -0.05) is 48.9 Å². The lowest BCUT2D eigenvalue weighted by Gasteiger charge is -2.31. The van der Waals surface area contributed by atoms with Crippen molar-refractivity contribution in [2.24, 2.45) is 0 Å². The molecule has 1 amide bonds. The summed E-state index contributed by atoms with van der Waals surface area (Å²) in [5, 5.41) is 11.6. The number of benzene rings is 2. The van der Waals surface area contributed by atoms with Crippen molar-refractivity contribution in [1.82, 2.24) is 0 Å². The molecule has 0 N–H and O–H groups in total. The molecule has 2 aromatic rings. The first-order chi connectivity index (χ1) is 13.0. The molecule has 0 saturated heterocycles. The van der Waals surface area contributed by atoms with E-state index in [-0.39, 0.29) is 18.1 Å². The predicted octanol–water partition coefficient (Wildman–Crippen LogP) is 5.15. The van der Waals surface area contributed by atoms with Crippen LogP contribution in [0.3, 0.4) is 0 Å². The molecule has 0 aromatic heterocycles. The van der Waals surface area contributed by atoms with Crippen molar-refractivity contribution < 1.29 is 14.5 Å². The molecule has 0 saturated carbocycles. The molecule has 1 aliphatic rings. The fourth-order valence-electron chi connectivity index (χ4n) is 3.19. The standard InChI is InChI=1S/C20H19ClN2O4/c1-2-15-11-22(20(24)27-13-14-6-4-3-5-7-14)19-9-8-16(21)10-17(19)18(15)12-23(25)26/h3-11,18H,2,12-13H2,1H3/t18-/m0/s1. The minimum atomic E-state index is -0.534. The van der Waals surface area contributed by atoms with Crippen molar-refractivity contribution in [3.8, 4) is 0 Å². The van der Waals surface area contributed by atoms with Gasteiger partial charge in [-0.25, -0.2) is 4.79 Å². The molecule has 1 aliphatic heterocycles. The Bertz CT molecular complexity index is 883. The van der Waals surface area contributed by atoms with Gasteiger partial charge in [-0.2, -0.15) is 0 Å². The Balaban J connectivity index is 1.90. The summed E-state index contributed by atoms with van der Waals surface area (Å²) < 4.78 is 5.44. The smallest absolute Gasteiger partial charge is 0.418 e. The van der Waals surface area contributed by atoms with E-state index in [1.54, 1.807) is 24.4 Å². The average Bonchev–Trinajstić information content (AvgIpc) is 2.66. The first-order valence-corrected chi connectivity index (χ1v) is 8.99. The predicted molar refractivity (Wildman–Crippen MR) is 104 cm³/mol. The Morgan fingerprint density at radius 3 is 2.67 bits per heavy atom. The third kappa shape index (κ3) is 4.28. The van der Waals surface area contributed by atoms with Gasteiger partial charge in [0.05, 0.1) is 11.6 Å². The van der Waals surface area contributed by atoms with Gasteiger partial charge in [0, 0.05) is 16.1 Å². The number of hydrogen-bond donors (Lipinski definition) is 0. The van der Waals surface area contributed by atoms with E-state index in [4.69, 9.17) is 16.3 Å². The summed E-state index contributed by atoms with van der Waals surface area (Å²) in [4.78, 5) is 24.9. The number of carbonyl (C=O) groups is 1. The second-order valence-corrected chi connectivity index (χ2v) is 6.68. The Morgan fingerprint density at radius 1 is 1.26 bits per heavy atom. The summed E-state index contributed by atoms with van der Waals surface area (Å²) in [7, 11) is 0. The third-order valence-corrected chi connectivity index (χ3v) is 4.74. The molecule has 0 radical (unpaired) electrons. The first kappa shape index (κ1) is 18.9. The molecule has 1 atom stereocenters. The highest BCUT2D eigenvalue weighted by molar-refractivity contribution is 6.30. The molecular formula is C20H19ClN2O4. The number of ether oxygens (including phenoxy) is 1. The lowest BCUT2D eigenvalue weighted by atomic mass is 9.86. The first-order valence-electron chi connectivity index (χ1n) is 8.61. The topological polar surface area (TPSA) is 72.7 Å². The zero-order valence-corrected chi connectivity index (χ0v) is 15.6. The lowest BCUT2D eigenvalue weighted by Crippen LogP contribution is -2.32. The third-order valence-electron chi connectivity index (χ3n) is 4.51. The van der Waals surface area contributed by atoms with Crippen LogP contribution in [0.1, 0.15) is 30.4 Å². The fourth-order valence-corrected chi connectivity index (χ4v) is 3.37. The molecule has 7 heteroatoms. The molecule has 0 spiro atoms. The lowest BCUT2D eigenvalue weighted by molar-refractivity contribution is -0.482. The van der Waals surface area contributed by atoms with Crippen LogP contribution in [0.25, 0.3) is 0 Å². The molecule has 1 heterocycles. The van der Waals surface area contributed by atoms with Crippen molar-refractivity contribution in [2.45, 2.75) is 25.9 Å². The van der Waals surface area contributed by atoms with E-state index in [2.05, 4.69) is 0 Å². The van der Waals surface area contributed by atoms with Gasteiger partial charge in [0.1, 0.15) is 6.61 Å². The average molecular weight is 387 g/mol. The largest absolute Gasteiger partial charge is 0.444 e. The summed E-state index contributed by atoms with van der Waals surface area (Å²) in [5.41, 5.74) is 2.89. The Kier molecular flexibility index (Phi) is 5.76. The van der Waals surface area contributed by atoms with Crippen LogP contribution in [0.4, 0.5) is 10.5 Å². The van der Waals surface area contributed by atoms with Crippen molar-refractivity contribution in [1.29, 1.82) is 0 Å². The molecular weight excluding hydrogens is 368 g/mol. The summed E-state index contributed by atoms with van der Waals surface area (Å²) >= 11 is 6.11. The van der Waals surface area contributed by atoms with Gasteiger partial charge in [0.25, 0.3) is 0 Å². The van der Waals surface area contributed by atoms with Crippen LogP contribution in [-0.4, -0.2) is 17.6 Å². The van der Waals surface area contributed by atoms with Crippen LogP contribution >= 0.6 is 11.6 Å². The van der Waals surface area contributed by atoms with E-state index >= 15 is 0 Å². The highest BCUT2D eigenvalue weighted by Gasteiger charge is 2.33. The number of anilines is 1. The van der Waals surface area contributed by atoms with Crippen molar-refractivity contribution >= 4 is 23.4 Å². The number of carbonyl (C=O) groups excluding carboxylic acids is 1. The second kappa shape index (κ2) is 8.22. The maximum absolute atomic E-state index is 12.7. The van der Waals surface area contributed by atoms with Crippen LogP contribution in [-0.2, 0) is 11.3 Å². The maximum atomic E-state index is 12.7. The van der Waals surface area contributed by atoms with Gasteiger partial charge in [0.15, 0.2) is 0 Å². The van der Waals surface area contributed by atoms with E-state index in [0.29, 0.717) is 22.7 Å². The molecule has 2 aromatic carbocycles. The van der Waals surface area contributed by atoms with Crippen LogP contribution in [0.5, 0.6) is 0 Å². The highest BCUT2D eigenvalue weighted by Crippen LogP contribution is 2.40. The molecule has 0 bridgehead atoms. The van der Waals surface area contributed by atoms with E-state index < -0.39 is 12.0 Å². The number of rotatable bonds is 5. The zero-order chi connectivity index (χ0) is 19.4. The zero-order valence-electron chi connectivity index (χ0n) is 14.8. The molecule has 0 fully saturated rings. The van der Waals surface area contributed by atoms with Crippen LogP contribution in [0.2, 0.25) is 5.02 Å². The molecule has 140 valence electrons. The Hall–Kier alpha value is -2.86. The molecule has 0 aliphatic carbocycles. The van der Waals surface area contributed by atoms with Crippen LogP contribution in [0, 0.1) is 10.1 Å². The second-order valence-electron chi connectivity index (χ2n) is 6.24. The minimum absolute atomic E-state index is 0.146. The summed E-state index contributed by atoms with van der Waals surface area (Å²) in [5.74, 6) is -0.420. The molecule has 27 heavy (non-hydrogen) atoms. The number of nitro groups is 1. The summed E-state index contributed by atoms with van der Waals surface area (Å²) in [6.45, 7) is 1.80. The van der Waals surface area contributed by atoms with Crippen molar-refractivity contribution in [2.75, 3.05) is 11.4 Å². The Morgan fingerprint density at radius 2 is 2.00 bits per heavy atom. The van der Waals surface area contributed by atoms with E-state index in [1.807, 2.05) is 37.3 Å². The van der Waals surface area contributed by atoms with E-state index in [0.717, 1.165) is 11.1 Å². The van der Waals surface area contributed by atoms with Crippen LogP contribution in [0.15, 0.2) is 60.3 Å². The summed E-state index contributed by atoms with van der Waals surface area (Å²) in [6, 6.07) is 14.4. The van der Waals surface area contributed by atoms with Gasteiger partial charge in [-0.05, 0) is 41.3 Å². The van der Waals surface area contributed by atoms with Crippen molar-refractivity contribution in [3.05, 3.63) is 86.6 Å². The number of hydrogen-bond acceptors (Lipinski definition) is 4. The molecule has 6 nitrogen and oxygen atoms in total. The quantitative estimate of drug-likeness (QED) is 0.526. The molecule has 0 unspecified atom stereocenters. The number of amides is 1. The van der Waals surface area contributed by atoms with Gasteiger partial charge >= 0.3 is 6.09 Å². The Labute approximate surface area is 162 Å². The highest BCUT2D eigenvalue weighted by atomic mass is 35.5. The number of nitrogens with zero attached hydrogens (tertiary/aromatic N) is 2. The minimum Gasteiger partial charge on any atom is -0.444 e. The maximum Gasteiger partial charge on any atom is 0.418 e. The SMILES string of the molecule is CCC1=CN(C(=O)OCc2ccccc2)c2ccc(Cl)cc2[C@H]1C[N+](=O)[O-]. The molecule has 3 rings (SSSR count). The van der Waals surface area contributed by atoms with Gasteiger partial charge < -0.3 is 4.74 Å².